The number of benzene rings is 1. The van der Waals surface area contributed by atoms with Crippen molar-refractivity contribution in [3.8, 4) is 0 Å². The molecular formula is C15H18N2S. The molecule has 2 aromatic rings. The summed E-state index contributed by atoms with van der Waals surface area (Å²) in [4.78, 5) is 5.85. The van der Waals surface area contributed by atoms with Gasteiger partial charge in [0.05, 0.1) is 5.69 Å². The van der Waals surface area contributed by atoms with Gasteiger partial charge in [-0.1, -0.05) is 23.8 Å². The van der Waals surface area contributed by atoms with Gasteiger partial charge >= 0.3 is 0 Å². The quantitative estimate of drug-likeness (QED) is 0.838. The molecule has 0 fully saturated rings. The summed E-state index contributed by atoms with van der Waals surface area (Å²) in [6.45, 7) is 4.28. The van der Waals surface area contributed by atoms with Crippen molar-refractivity contribution in [1.82, 2.24) is 4.98 Å². The molecule has 0 amide bonds. The summed E-state index contributed by atoms with van der Waals surface area (Å²) in [5.41, 5.74) is 3.75. The monoisotopic (exact) mass is 258 g/mol. The minimum Gasteiger partial charge on any atom is -0.373 e. The van der Waals surface area contributed by atoms with E-state index in [1.165, 1.54) is 16.0 Å². The molecule has 0 atom stereocenters. The van der Waals surface area contributed by atoms with E-state index >= 15 is 0 Å². The van der Waals surface area contributed by atoms with Gasteiger partial charge in [-0.2, -0.15) is 0 Å². The summed E-state index contributed by atoms with van der Waals surface area (Å²) in [6, 6.07) is 12.7. The van der Waals surface area contributed by atoms with Crippen LogP contribution < -0.4 is 5.32 Å². The van der Waals surface area contributed by atoms with E-state index in [1.807, 2.05) is 30.9 Å². The SMILES string of the molecule is CNc1cccc(CSc2ccc(C)cc2C)n1. The predicted molar refractivity (Wildman–Crippen MR) is 79.3 cm³/mol. The molecule has 0 radical (unpaired) electrons. The van der Waals surface area contributed by atoms with Crippen LogP contribution in [0.5, 0.6) is 0 Å². The Kier molecular flexibility index (Phi) is 4.26. The average Bonchev–Trinajstić information content (AvgIpc) is 2.38. The van der Waals surface area contributed by atoms with Crippen LogP contribution in [0.3, 0.4) is 0 Å². The fourth-order valence-electron chi connectivity index (χ4n) is 1.81. The zero-order valence-corrected chi connectivity index (χ0v) is 11.8. The molecule has 2 rings (SSSR count). The Hall–Kier alpha value is -1.48. The number of nitrogens with one attached hydrogen (secondary N) is 1. The number of hydrogen-bond acceptors (Lipinski definition) is 3. The summed E-state index contributed by atoms with van der Waals surface area (Å²) in [5, 5.41) is 3.06. The number of aryl methyl sites for hydroxylation is 2. The number of nitrogens with zero attached hydrogens (tertiary/aromatic N) is 1. The highest BCUT2D eigenvalue weighted by atomic mass is 32.2. The van der Waals surface area contributed by atoms with Crippen molar-refractivity contribution in [2.45, 2.75) is 24.5 Å². The van der Waals surface area contributed by atoms with E-state index in [4.69, 9.17) is 0 Å². The smallest absolute Gasteiger partial charge is 0.125 e. The fourth-order valence-corrected chi connectivity index (χ4v) is 2.73. The molecule has 0 aliphatic carbocycles. The van der Waals surface area contributed by atoms with Gasteiger partial charge in [0, 0.05) is 17.7 Å². The van der Waals surface area contributed by atoms with E-state index in [0.29, 0.717) is 0 Å². The largest absolute Gasteiger partial charge is 0.373 e. The minimum absolute atomic E-state index is 0.902. The molecule has 3 heteroatoms. The van der Waals surface area contributed by atoms with Gasteiger partial charge in [0.2, 0.25) is 0 Å². The number of aromatic nitrogens is 1. The van der Waals surface area contributed by atoms with Gasteiger partial charge in [-0.25, -0.2) is 4.98 Å². The number of hydrogen-bond donors (Lipinski definition) is 1. The third-order valence-corrected chi connectivity index (χ3v) is 3.98. The zero-order valence-electron chi connectivity index (χ0n) is 11.0. The molecule has 2 nitrogen and oxygen atoms in total. The van der Waals surface area contributed by atoms with Crippen LogP contribution in [0.15, 0.2) is 41.3 Å². The van der Waals surface area contributed by atoms with E-state index in [-0.39, 0.29) is 0 Å². The second-order valence-electron chi connectivity index (χ2n) is 4.32. The molecule has 0 spiro atoms. The first-order chi connectivity index (χ1) is 8.69. The Morgan fingerprint density at radius 1 is 1.17 bits per heavy atom. The van der Waals surface area contributed by atoms with Crippen LogP contribution in [-0.4, -0.2) is 12.0 Å². The molecule has 0 bridgehead atoms. The van der Waals surface area contributed by atoms with Crippen molar-refractivity contribution in [2.75, 3.05) is 12.4 Å². The Labute approximate surface area is 113 Å². The summed E-state index contributed by atoms with van der Waals surface area (Å²) in [6.07, 6.45) is 0. The molecule has 0 aliphatic heterocycles. The molecule has 18 heavy (non-hydrogen) atoms. The van der Waals surface area contributed by atoms with Crippen molar-refractivity contribution < 1.29 is 0 Å². The second kappa shape index (κ2) is 5.91. The lowest BCUT2D eigenvalue weighted by Gasteiger charge is -2.07. The maximum absolute atomic E-state index is 4.52. The van der Waals surface area contributed by atoms with Crippen molar-refractivity contribution in [2.24, 2.45) is 0 Å². The van der Waals surface area contributed by atoms with Crippen LogP contribution in [0.4, 0.5) is 5.82 Å². The van der Waals surface area contributed by atoms with E-state index in [9.17, 15) is 0 Å². The highest BCUT2D eigenvalue weighted by Crippen LogP contribution is 2.26. The van der Waals surface area contributed by atoms with Crippen LogP contribution in [0.1, 0.15) is 16.8 Å². The van der Waals surface area contributed by atoms with Gasteiger partial charge in [0.25, 0.3) is 0 Å². The van der Waals surface area contributed by atoms with Crippen LogP contribution >= 0.6 is 11.8 Å². The third-order valence-electron chi connectivity index (χ3n) is 2.77. The molecule has 1 N–H and O–H groups in total. The fraction of sp³-hybridized carbons (Fsp3) is 0.267. The Balaban J connectivity index is 2.06. The molecule has 0 saturated carbocycles. The standard InChI is InChI=1S/C15H18N2S/c1-11-7-8-14(12(2)9-11)18-10-13-5-4-6-15(16-3)17-13/h4-9H,10H2,1-3H3,(H,16,17). The van der Waals surface area contributed by atoms with Gasteiger partial charge in [-0.3, -0.25) is 0 Å². The average molecular weight is 258 g/mol. The number of anilines is 1. The van der Waals surface area contributed by atoms with Crippen LogP contribution in [-0.2, 0) is 5.75 Å². The Morgan fingerprint density at radius 3 is 2.72 bits per heavy atom. The number of rotatable bonds is 4. The Bertz CT molecular complexity index is 538. The molecular weight excluding hydrogens is 240 g/mol. The van der Waals surface area contributed by atoms with Gasteiger partial charge in [0.15, 0.2) is 0 Å². The summed E-state index contributed by atoms with van der Waals surface area (Å²) < 4.78 is 0. The zero-order chi connectivity index (χ0) is 13.0. The highest BCUT2D eigenvalue weighted by molar-refractivity contribution is 7.98. The van der Waals surface area contributed by atoms with Crippen LogP contribution in [0, 0.1) is 13.8 Å². The normalized spacial score (nSPS) is 10.4. The molecule has 1 aromatic carbocycles. The number of thioether (sulfide) groups is 1. The number of pyridine rings is 1. The third kappa shape index (κ3) is 3.26. The molecule has 1 aromatic heterocycles. The Morgan fingerprint density at radius 2 is 2.00 bits per heavy atom. The van der Waals surface area contributed by atoms with Crippen LogP contribution in [0.2, 0.25) is 0 Å². The first-order valence-corrected chi connectivity index (χ1v) is 7.01. The minimum atomic E-state index is 0.902. The maximum atomic E-state index is 4.52. The summed E-state index contributed by atoms with van der Waals surface area (Å²) in [7, 11) is 1.89. The second-order valence-corrected chi connectivity index (χ2v) is 5.34. The van der Waals surface area contributed by atoms with Gasteiger partial charge < -0.3 is 5.32 Å². The highest BCUT2D eigenvalue weighted by Gasteiger charge is 2.02. The lowest BCUT2D eigenvalue weighted by molar-refractivity contribution is 1.16. The van der Waals surface area contributed by atoms with Crippen LogP contribution in [0.25, 0.3) is 0 Å². The van der Waals surface area contributed by atoms with Gasteiger partial charge in [-0.05, 0) is 37.6 Å². The van der Waals surface area contributed by atoms with Crippen molar-refractivity contribution in [3.05, 3.63) is 53.2 Å². The first kappa shape index (κ1) is 13.0. The lowest BCUT2D eigenvalue weighted by atomic mass is 10.2. The topological polar surface area (TPSA) is 24.9 Å². The van der Waals surface area contributed by atoms with Crippen molar-refractivity contribution >= 4 is 17.6 Å². The van der Waals surface area contributed by atoms with E-state index in [2.05, 4.69) is 48.4 Å². The molecule has 0 aliphatic rings. The van der Waals surface area contributed by atoms with E-state index in [0.717, 1.165) is 17.3 Å². The summed E-state index contributed by atoms with van der Waals surface area (Å²) >= 11 is 1.84. The predicted octanol–water partition coefficient (Wildman–Crippen LogP) is 4.03. The lowest BCUT2D eigenvalue weighted by Crippen LogP contribution is -1.95. The molecule has 0 saturated heterocycles. The molecule has 94 valence electrons. The van der Waals surface area contributed by atoms with Crippen molar-refractivity contribution in [3.63, 3.8) is 0 Å². The van der Waals surface area contributed by atoms with Gasteiger partial charge in [-0.15, -0.1) is 11.8 Å². The van der Waals surface area contributed by atoms with E-state index in [1.54, 1.807) is 0 Å². The molecule has 0 unspecified atom stereocenters. The maximum Gasteiger partial charge on any atom is 0.125 e. The first-order valence-electron chi connectivity index (χ1n) is 6.03. The van der Waals surface area contributed by atoms with Gasteiger partial charge in [0.1, 0.15) is 5.82 Å². The summed E-state index contributed by atoms with van der Waals surface area (Å²) in [5.74, 6) is 1.83. The van der Waals surface area contributed by atoms with E-state index < -0.39 is 0 Å². The van der Waals surface area contributed by atoms with Crippen molar-refractivity contribution in [1.29, 1.82) is 0 Å². The molecule has 1 heterocycles.